The molecule has 1 aliphatic rings. The number of ether oxygens (including phenoxy) is 1. The summed E-state index contributed by atoms with van der Waals surface area (Å²) in [4.78, 5) is 17.4. The second kappa shape index (κ2) is 9.87. The topological polar surface area (TPSA) is 81.5 Å². The van der Waals surface area contributed by atoms with Gasteiger partial charge in [0.15, 0.2) is 0 Å². The molecule has 7 nitrogen and oxygen atoms in total. The van der Waals surface area contributed by atoms with Crippen molar-refractivity contribution in [2.45, 2.75) is 44.2 Å². The van der Waals surface area contributed by atoms with Crippen LogP contribution in [0.15, 0.2) is 77.7 Å². The zero-order chi connectivity index (χ0) is 25.3. The van der Waals surface area contributed by atoms with E-state index in [1.54, 1.807) is 47.6 Å². The summed E-state index contributed by atoms with van der Waals surface area (Å²) in [6.45, 7) is 5.19. The lowest BCUT2D eigenvalue weighted by Crippen LogP contribution is -2.41. The fourth-order valence-electron chi connectivity index (χ4n) is 5.06. The fourth-order valence-corrected chi connectivity index (χ4v) is 6.69. The molecule has 36 heavy (non-hydrogen) atoms. The van der Waals surface area contributed by atoms with E-state index in [1.165, 1.54) is 0 Å². The zero-order valence-electron chi connectivity index (χ0n) is 20.4. The highest BCUT2D eigenvalue weighted by molar-refractivity contribution is 7.89. The van der Waals surface area contributed by atoms with Gasteiger partial charge in [-0.2, -0.15) is 4.31 Å². The Labute approximate surface area is 211 Å². The number of rotatable bonds is 7. The predicted octanol–water partition coefficient (Wildman–Crippen LogP) is 4.76. The van der Waals surface area contributed by atoms with Crippen molar-refractivity contribution >= 4 is 27.0 Å². The van der Waals surface area contributed by atoms with Crippen LogP contribution in [0.25, 0.3) is 11.0 Å². The maximum atomic E-state index is 13.8. The van der Waals surface area contributed by atoms with E-state index < -0.39 is 16.1 Å². The van der Waals surface area contributed by atoms with Gasteiger partial charge in [-0.3, -0.25) is 0 Å². The second-order valence-corrected chi connectivity index (χ2v) is 10.7. The SMILES string of the molecule is CCOC(=O)c1ccc2c(c1)nc(CC1c3ccccc3CCN1S(=O)(=O)c1ccccc1)n2CC. The summed E-state index contributed by atoms with van der Waals surface area (Å²) in [5.41, 5.74) is 4.21. The first-order valence-electron chi connectivity index (χ1n) is 12.2. The molecular formula is C28H29N3O4S. The molecule has 0 saturated carbocycles. The normalized spacial score (nSPS) is 16.1. The molecular weight excluding hydrogens is 474 g/mol. The number of benzene rings is 3. The summed E-state index contributed by atoms with van der Waals surface area (Å²) in [6, 6.07) is 21.6. The van der Waals surface area contributed by atoms with Crippen molar-refractivity contribution in [2.24, 2.45) is 0 Å². The van der Waals surface area contributed by atoms with Gasteiger partial charge in [0.25, 0.3) is 0 Å². The monoisotopic (exact) mass is 503 g/mol. The van der Waals surface area contributed by atoms with E-state index in [4.69, 9.17) is 9.72 Å². The van der Waals surface area contributed by atoms with Crippen molar-refractivity contribution in [3.8, 4) is 0 Å². The Bertz CT molecular complexity index is 1510. The van der Waals surface area contributed by atoms with Crippen LogP contribution in [0, 0.1) is 0 Å². The lowest BCUT2D eigenvalue weighted by atomic mass is 9.92. The molecule has 0 amide bonds. The zero-order valence-corrected chi connectivity index (χ0v) is 21.2. The molecule has 0 N–H and O–H groups in total. The Kier molecular flexibility index (Phi) is 6.64. The largest absolute Gasteiger partial charge is 0.462 e. The Hall–Kier alpha value is -3.49. The van der Waals surface area contributed by atoms with Crippen LogP contribution in [0.1, 0.15) is 47.2 Å². The van der Waals surface area contributed by atoms with E-state index in [0.717, 1.165) is 22.5 Å². The van der Waals surface area contributed by atoms with Gasteiger partial charge in [-0.25, -0.2) is 18.2 Å². The van der Waals surface area contributed by atoms with Gasteiger partial charge in [-0.15, -0.1) is 0 Å². The molecule has 2 heterocycles. The van der Waals surface area contributed by atoms with E-state index >= 15 is 0 Å². The maximum Gasteiger partial charge on any atom is 0.338 e. The van der Waals surface area contributed by atoms with Crippen LogP contribution in [-0.2, 0) is 34.1 Å². The average Bonchev–Trinajstić information content (AvgIpc) is 3.25. The van der Waals surface area contributed by atoms with Crippen LogP contribution in [0.2, 0.25) is 0 Å². The molecule has 3 aromatic carbocycles. The average molecular weight is 504 g/mol. The number of hydrogen-bond acceptors (Lipinski definition) is 5. The third-order valence-corrected chi connectivity index (χ3v) is 8.67. The number of nitrogens with zero attached hydrogens (tertiary/aromatic N) is 3. The molecule has 1 aliphatic heterocycles. The number of esters is 1. The van der Waals surface area contributed by atoms with Gasteiger partial charge >= 0.3 is 5.97 Å². The van der Waals surface area contributed by atoms with Crippen molar-refractivity contribution in [3.05, 3.63) is 95.3 Å². The minimum atomic E-state index is -3.71. The summed E-state index contributed by atoms with van der Waals surface area (Å²) in [6.07, 6.45) is 1.08. The van der Waals surface area contributed by atoms with Crippen molar-refractivity contribution in [3.63, 3.8) is 0 Å². The number of carbonyl (C=O) groups excluding carboxylic acids is 1. The van der Waals surface area contributed by atoms with E-state index in [2.05, 4.69) is 10.6 Å². The highest BCUT2D eigenvalue weighted by atomic mass is 32.2. The van der Waals surface area contributed by atoms with Crippen LogP contribution < -0.4 is 0 Å². The third-order valence-electron chi connectivity index (χ3n) is 6.74. The number of hydrogen-bond donors (Lipinski definition) is 0. The molecule has 186 valence electrons. The molecule has 8 heteroatoms. The molecule has 0 radical (unpaired) electrons. The Morgan fingerprint density at radius 1 is 1.03 bits per heavy atom. The number of sulfonamides is 1. The third kappa shape index (κ3) is 4.31. The molecule has 0 aliphatic carbocycles. The molecule has 0 bridgehead atoms. The molecule has 1 atom stereocenters. The van der Waals surface area contributed by atoms with Crippen molar-refractivity contribution < 1.29 is 17.9 Å². The van der Waals surface area contributed by atoms with Crippen molar-refractivity contribution in [1.82, 2.24) is 13.9 Å². The maximum absolute atomic E-state index is 13.8. The lowest BCUT2D eigenvalue weighted by Gasteiger charge is -2.36. The smallest absolute Gasteiger partial charge is 0.338 e. The van der Waals surface area contributed by atoms with Gasteiger partial charge in [0.2, 0.25) is 10.0 Å². The predicted molar refractivity (Wildman–Crippen MR) is 138 cm³/mol. The second-order valence-electron chi connectivity index (χ2n) is 8.79. The standard InChI is InChI=1S/C28H29N3O4S/c1-3-30-25-15-14-21(28(32)35-4-2)18-24(25)29-27(30)19-26-23-13-9-8-10-20(23)16-17-31(26)36(33,34)22-11-6-5-7-12-22/h5-15,18,26H,3-4,16-17,19H2,1-2H3. The Morgan fingerprint density at radius 2 is 1.78 bits per heavy atom. The molecule has 4 aromatic rings. The Morgan fingerprint density at radius 3 is 2.53 bits per heavy atom. The van der Waals surface area contributed by atoms with Crippen LogP contribution >= 0.6 is 0 Å². The summed E-state index contributed by atoms with van der Waals surface area (Å²) in [5, 5.41) is 0. The summed E-state index contributed by atoms with van der Waals surface area (Å²) >= 11 is 0. The number of aryl methyl sites for hydroxylation is 1. The van der Waals surface area contributed by atoms with Crippen LogP contribution in [0.4, 0.5) is 0 Å². The number of carbonyl (C=O) groups is 1. The summed E-state index contributed by atoms with van der Waals surface area (Å²) < 4.78 is 36.4. The first-order valence-corrected chi connectivity index (χ1v) is 13.7. The van der Waals surface area contributed by atoms with Gasteiger partial charge in [0.1, 0.15) is 5.82 Å². The van der Waals surface area contributed by atoms with E-state index in [-0.39, 0.29) is 10.9 Å². The minimum Gasteiger partial charge on any atom is -0.462 e. The van der Waals surface area contributed by atoms with Gasteiger partial charge in [-0.05, 0) is 61.7 Å². The van der Waals surface area contributed by atoms with E-state index in [1.807, 2.05) is 37.3 Å². The van der Waals surface area contributed by atoms with E-state index in [9.17, 15) is 13.2 Å². The lowest BCUT2D eigenvalue weighted by molar-refractivity contribution is 0.0526. The summed E-state index contributed by atoms with van der Waals surface area (Å²) in [7, 11) is -3.71. The first-order chi connectivity index (χ1) is 17.4. The quantitative estimate of drug-likeness (QED) is 0.340. The number of aromatic nitrogens is 2. The number of fused-ring (bicyclic) bond motifs is 2. The van der Waals surface area contributed by atoms with Gasteiger partial charge < -0.3 is 9.30 Å². The molecule has 0 spiro atoms. The van der Waals surface area contributed by atoms with Crippen molar-refractivity contribution in [2.75, 3.05) is 13.2 Å². The molecule has 0 saturated heterocycles. The summed E-state index contributed by atoms with van der Waals surface area (Å²) in [5.74, 6) is 0.400. The van der Waals surface area contributed by atoms with Gasteiger partial charge in [-0.1, -0.05) is 42.5 Å². The van der Waals surface area contributed by atoms with Crippen LogP contribution in [0.5, 0.6) is 0 Å². The van der Waals surface area contributed by atoms with Crippen LogP contribution in [0.3, 0.4) is 0 Å². The molecule has 5 rings (SSSR count). The van der Waals surface area contributed by atoms with E-state index in [0.29, 0.717) is 43.6 Å². The van der Waals surface area contributed by atoms with Crippen molar-refractivity contribution in [1.29, 1.82) is 0 Å². The van der Waals surface area contributed by atoms with Crippen LogP contribution in [-0.4, -0.2) is 41.4 Å². The highest BCUT2D eigenvalue weighted by Gasteiger charge is 2.37. The molecule has 1 unspecified atom stereocenters. The fraction of sp³-hybridized carbons (Fsp3) is 0.286. The first kappa shape index (κ1) is 24.2. The van der Waals surface area contributed by atoms with Gasteiger partial charge in [0.05, 0.1) is 34.1 Å². The highest BCUT2D eigenvalue weighted by Crippen LogP contribution is 2.37. The number of imidazole rings is 1. The minimum absolute atomic E-state index is 0.289. The Balaban J connectivity index is 1.59. The molecule has 1 aromatic heterocycles. The molecule has 0 fully saturated rings. The van der Waals surface area contributed by atoms with Gasteiger partial charge in [0, 0.05) is 19.5 Å².